The average molecular weight is 450 g/mol. The van der Waals surface area contributed by atoms with Gasteiger partial charge in [0, 0.05) is 6.61 Å². The molecule has 0 radical (unpaired) electrons. The van der Waals surface area contributed by atoms with Crippen molar-refractivity contribution in [1.82, 2.24) is 4.98 Å². The van der Waals surface area contributed by atoms with E-state index in [-0.39, 0.29) is 18.2 Å². The average Bonchev–Trinajstić information content (AvgIpc) is 2.72. The molecule has 3 unspecified atom stereocenters. The van der Waals surface area contributed by atoms with Crippen molar-refractivity contribution in [3.05, 3.63) is 52.5 Å². The van der Waals surface area contributed by atoms with Gasteiger partial charge in [0.1, 0.15) is 30.2 Å². The minimum Gasteiger partial charge on any atom is -0.477 e. The van der Waals surface area contributed by atoms with Crippen LogP contribution >= 0.6 is 0 Å². The molecule has 1 fully saturated rings. The number of halogens is 3. The van der Waals surface area contributed by atoms with E-state index in [1.807, 2.05) is 0 Å². The van der Waals surface area contributed by atoms with Crippen molar-refractivity contribution in [2.24, 2.45) is 16.6 Å². The third-order valence-corrected chi connectivity index (χ3v) is 3.73. The number of aliphatic carboxylic acids is 1. The smallest absolute Gasteiger partial charge is 0.433 e. The molecule has 172 valence electrons. The van der Waals surface area contributed by atoms with Crippen LogP contribution in [0.5, 0.6) is 0 Å². The minimum absolute atomic E-state index is 0.0542. The molecule has 1 aromatic rings. The zero-order chi connectivity index (χ0) is 23.6. The van der Waals surface area contributed by atoms with E-state index < -0.39 is 42.0 Å². The molecule has 3 atom stereocenters. The number of aliphatic hydroxyl groups is 2. The van der Waals surface area contributed by atoms with Crippen LogP contribution in [0.25, 0.3) is 0 Å². The number of rotatable bonds is 6. The fraction of sp³-hybridized carbons (Fsp3) is 0.412. The lowest BCUT2D eigenvalue weighted by Crippen LogP contribution is -2.46. The van der Waals surface area contributed by atoms with E-state index in [2.05, 4.69) is 10.2 Å². The topological polar surface area (TPSA) is 191 Å². The number of allylic oxidation sites excluding steroid dienone is 2. The summed E-state index contributed by atoms with van der Waals surface area (Å²) in [6, 6.07) is 2.95. The van der Waals surface area contributed by atoms with E-state index in [0.717, 1.165) is 24.3 Å². The number of aliphatic hydroxyl groups excluding tert-OH is 2. The Morgan fingerprint density at radius 3 is 2.58 bits per heavy atom. The Labute approximate surface area is 173 Å². The molecule has 14 heteroatoms. The van der Waals surface area contributed by atoms with Gasteiger partial charge in [-0.05, 0) is 35.9 Å². The van der Waals surface area contributed by atoms with Crippen LogP contribution in [0.15, 0.2) is 47.1 Å². The Kier molecular flexibility index (Phi) is 9.85. The monoisotopic (exact) mass is 450 g/mol. The number of pyridine rings is 1. The van der Waals surface area contributed by atoms with Crippen LogP contribution in [0.3, 0.4) is 0 Å². The van der Waals surface area contributed by atoms with Crippen molar-refractivity contribution in [2.45, 2.75) is 30.9 Å². The van der Waals surface area contributed by atoms with Gasteiger partial charge in [0.05, 0.1) is 6.10 Å². The van der Waals surface area contributed by atoms with Crippen molar-refractivity contribution in [3.63, 3.8) is 0 Å². The van der Waals surface area contributed by atoms with Crippen LogP contribution in [-0.4, -0.2) is 57.8 Å². The van der Waals surface area contributed by atoms with Crippen molar-refractivity contribution in [3.8, 4) is 0 Å². The van der Waals surface area contributed by atoms with Gasteiger partial charge in [-0.2, -0.15) is 13.2 Å². The Hall–Kier alpha value is -3.23. The summed E-state index contributed by atoms with van der Waals surface area (Å²) in [5.74, 6) is -1.80. The van der Waals surface area contributed by atoms with Crippen molar-refractivity contribution >= 4 is 11.8 Å². The summed E-state index contributed by atoms with van der Waals surface area (Å²) in [5.41, 5.74) is 9.13. The predicted molar refractivity (Wildman–Crippen MR) is 99.2 cm³/mol. The summed E-state index contributed by atoms with van der Waals surface area (Å²) in [5, 5.41) is 29.8. The molecule has 0 aliphatic carbocycles. The Balaban J connectivity index is 0.000000343. The highest BCUT2D eigenvalue weighted by atomic mass is 19.4. The molecule has 11 nitrogen and oxygen atoms in total. The zero-order valence-electron chi connectivity index (χ0n) is 15.9. The van der Waals surface area contributed by atoms with E-state index in [9.17, 15) is 33.1 Å². The van der Waals surface area contributed by atoms with Gasteiger partial charge in [-0.3, -0.25) is 0 Å². The highest BCUT2D eigenvalue weighted by Crippen LogP contribution is 2.28. The van der Waals surface area contributed by atoms with Gasteiger partial charge in [0.2, 0.25) is 0 Å². The number of nitrogens with two attached hydrogens (primary N) is 2. The second-order valence-corrected chi connectivity index (χ2v) is 6.03. The number of hydrogen-bond acceptors (Lipinski definition) is 10. The van der Waals surface area contributed by atoms with Gasteiger partial charge in [0.25, 0.3) is 0 Å². The summed E-state index contributed by atoms with van der Waals surface area (Å²) in [6.07, 6.45) is -4.46. The molecule has 1 saturated heterocycles. The first-order chi connectivity index (χ1) is 14.5. The Morgan fingerprint density at radius 2 is 2.00 bits per heavy atom. The van der Waals surface area contributed by atoms with Crippen LogP contribution in [0.2, 0.25) is 0 Å². The first-order valence-electron chi connectivity index (χ1n) is 8.60. The first-order valence-corrected chi connectivity index (χ1v) is 8.60. The number of aromatic nitrogens is 1. The molecule has 0 saturated carbocycles. The van der Waals surface area contributed by atoms with Crippen LogP contribution in [-0.2, 0) is 20.4 Å². The van der Waals surface area contributed by atoms with Crippen molar-refractivity contribution < 1.29 is 42.8 Å². The zero-order valence-corrected chi connectivity index (χ0v) is 15.9. The number of nitrogens with zero attached hydrogens (tertiary/aromatic N) is 2. The quantitative estimate of drug-likeness (QED) is 0.179. The van der Waals surface area contributed by atoms with Crippen LogP contribution in [0.1, 0.15) is 12.1 Å². The lowest BCUT2D eigenvalue weighted by atomic mass is 10.0. The molecule has 1 aromatic heterocycles. The number of alkyl halides is 3. The Morgan fingerprint density at radius 1 is 1.32 bits per heavy atom. The molecule has 2 rings (SSSR count). The second kappa shape index (κ2) is 11.8. The summed E-state index contributed by atoms with van der Waals surface area (Å²) >= 11 is 0. The molecule has 0 spiro atoms. The normalized spacial score (nSPS) is 22.2. The van der Waals surface area contributed by atoms with Gasteiger partial charge < -0.3 is 36.3 Å². The largest absolute Gasteiger partial charge is 0.477 e. The van der Waals surface area contributed by atoms with E-state index in [1.165, 1.54) is 6.08 Å². The van der Waals surface area contributed by atoms with Crippen LogP contribution in [0, 0.1) is 4.91 Å². The van der Waals surface area contributed by atoms with E-state index in [0.29, 0.717) is 13.0 Å². The number of carbonyl (C=O) groups is 1. The van der Waals surface area contributed by atoms with Gasteiger partial charge in [0.15, 0.2) is 11.7 Å². The maximum absolute atomic E-state index is 11.9. The lowest BCUT2D eigenvalue weighted by molar-refractivity contribution is -0.150. The summed E-state index contributed by atoms with van der Waals surface area (Å²) in [4.78, 5) is 23.2. The highest BCUT2D eigenvalue weighted by molar-refractivity contribution is 5.85. The van der Waals surface area contributed by atoms with Gasteiger partial charge >= 0.3 is 12.1 Å². The number of carboxylic acids is 1. The standard InChI is InChI=1S/C11H18N2O6.C6H3F3N2O/c12-6(11(16)17)1-2-9(13)19-5-8-10(15)7(14)3-4-18-8;7-6(8,9)4-2-1-3-5(10-4)11-12/h1-2,7-8,10,14-15H,3-5,12-13H2,(H,16,17);1-3H/b6-1-,9-2+;. The maximum Gasteiger partial charge on any atom is 0.433 e. The highest BCUT2D eigenvalue weighted by Gasteiger charge is 2.33. The molecule has 31 heavy (non-hydrogen) atoms. The molecular weight excluding hydrogens is 429 g/mol. The number of nitroso groups, excluding NO2 is 1. The molecular formula is C17H21F3N4O7. The van der Waals surface area contributed by atoms with Crippen molar-refractivity contribution in [2.75, 3.05) is 13.2 Å². The number of hydrogen-bond donors (Lipinski definition) is 5. The molecule has 0 aromatic carbocycles. The molecule has 1 aliphatic rings. The lowest BCUT2D eigenvalue weighted by Gasteiger charge is -2.31. The molecule has 7 N–H and O–H groups in total. The predicted octanol–water partition coefficient (Wildman–Crippen LogP) is 0.739. The summed E-state index contributed by atoms with van der Waals surface area (Å²) in [6.45, 7) is 0.267. The first kappa shape index (κ1) is 25.8. The second-order valence-electron chi connectivity index (χ2n) is 6.03. The summed E-state index contributed by atoms with van der Waals surface area (Å²) < 4.78 is 46.0. The van der Waals surface area contributed by atoms with E-state index >= 15 is 0 Å². The molecule has 1 aliphatic heterocycles. The van der Waals surface area contributed by atoms with Crippen molar-refractivity contribution in [1.29, 1.82) is 0 Å². The fourth-order valence-electron chi connectivity index (χ4n) is 2.11. The molecule has 0 bridgehead atoms. The number of ether oxygens (including phenoxy) is 2. The fourth-order valence-corrected chi connectivity index (χ4v) is 2.11. The van der Waals surface area contributed by atoms with Gasteiger partial charge in [-0.25, -0.2) is 9.78 Å². The Bertz CT molecular complexity index is 817. The van der Waals surface area contributed by atoms with Crippen LogP contribution < -0.4 is 11.5 Å². The van der Waals surface area contributed by atoms with Gasteiger partial charge in [-0.15, -0.1) is 4.91 Å². The SMILES string of the molecule is N/C(=C\C=C(/N)OCC1OCCC(O)C1O)C(=O)O.O=Nc1cccc(C(F)(F)F)n1. The van der Waals surface area contributed by atoms with Gasteiger partial charge in [-0.1, -0.05) is 6.07 Å². The van der Waals surface area contributed by atoms with E-state index in [4.69, 9.17) is 26.0 Å². The summed E-state index contributed by atoms with van der Waals surface area (Å²) in [7, 11) is 0. The van der Waals surface area contributed by atoms with Crippen LogP contribution in [0.4, 0.5) is 19.0 Å². The third kappa shape index (κ3) is 8.98. The molecule has 2 heterocycles. The molecule has 0 amide bonds. The minimum atomic E-state index is -4.53. The maximum atomic E-state index is 11.9. The third-order valence-electron chi connectivity index (χ3n) is 3.73. The van der Waals surface area contributed by atoms with E-state index in [1.54, 1.807) is 0 Å². The number of carboxylic acid groups (broad SMARTS) is 1.